The van der Waals surface area contributed by atoms with Gasteiger partial charge in [0.15, 0.2) is 0 Å². The van der Waals surface area contributed by atoms with E-state index in [-0.39, 0.29) is 11.8 Å². The SMILES string of the molecule is Cc1nc2c(s1)CC(C(=O)Nc1c(C)cccc1C)CC2. The summed E-state index contributed by atoms with van der Waals surface area (Å²) >= 11 is 1.73. The summed E-state index contributed by atoms with van der Waals surface area (Å²) in [5, 5.41) is 4.24. The Balaban J connectivity index is 1.75. The van der Waals surface area contributed by atoms with Crippen LogP contribution in [0.3, 0.4) is 0 Å². The van der Waals surface area contributed by atoms with Crippen molar-refractivity contribution >= 4 is 22.9 Å². The van der Waals surface area contributed by atoms with Gasteiger partial charge in [-0.2, -0.15) is 0 Å². The summed E-state index contributed by atoms with van der Waals surface area (Å²) in [7, 11) is 0. The highest BCUT2D eigenvalue weighted by molar-refractivity contribution is 7.11. The second kappa shape index (κ2) is 5.60. The molecule has 0 spiro atoms. The molecule has 0 saturated carbocycles. The number of aryl methyl sites for hydroxylation is 4. The molecule has 1 N–H and O–H groups in total. The zero-order valence-corrected chi connectivity index (χ0v) is 13.5. The minimum absolute atomic E-state index is 0.0661. The summed E-state index contributed by atoms with van der Waals surface area (Å²) in [6, 6.07) is 6.09. The van der Waals surface area contributed by atoms with E-state index in [2.05, 4.69) is 10.3 Å². The number of para-hydroxylation sites is 1. The van der Waals surface area contributed by atoms with Gasteiger partial charge in [-0.15, -0.1) is 11.3 Å². The van der Waals surface area contributed by atoms with E-state index >= 15 is 0 Å². The van der Waals surface area contributed by atoms with Gasteiger partial charge in [-0.05, 0) is 51.2 Å². The van der Waals surface area contributed by atoms with Crippen molar-refractivity contribution in [2.75, 3.05) is 5.32 Å². The fourth-order valence-corrected chi connectivity index (χ4v) is 4.03. The average Bonchev–Trinajstić information content (AvgIpc) is 2.81. The molecule has 0 radical (unpaired) electrons. The maximum atomic E-state index is 12.6. The van der Waals surface area contributed by atoms with Crippen LogP contribution in [0.2, 0.25) is 0 Å². The van der Waals surface area contributed by atoms with Crippen LogP contribution in [-0.4, -0.2) is 10.9 Å². The van der Waals surface area contributed by atoms with Crippen LogP contribution in [0.25, 0.3) is 0 Å². The molecule has 1 atom stereocenters. The van der Waals surface area contributed by atoms with E-state index in [1.807, 2.05) is 39.0 Å². The molecule has 1 heterocycles. The lowest BCUT2D eigenvalue weighted by Gasteiger charge is -2.21. The molecule has 3 nitrogen and oxygen atoms in total. The molecule has 0 fully saturated rings. The van der Waals surface area contributed by atoms with E-state index in [1.54, 1.807) is 11.3 Å². The third kappa shape index (κ3) is 2.86. The minimum Gasteiger partial charge on any atom is -0.325 e. The summed E-state index contributed by atoms with van der Waals surface area (Å²) in [6.45, 7) is 6.11. The molecule has 0 aliphatic heterocycles. The Morgan fingerprint density at radius 1 is 1.29 bits per heavy atom. The first-order chi connectivity index (χ1) is 10.0. The van der Waals surface area contributed by atoms with Crippen molar-refractivity contribution in [2.24, 2.45) is 5.92 Å². The van der Waals surface area contributed by atoms with Gasteiger partial charge >= 0.3 is 0 Å². The number of benzene rings is 1. The second-order valence-electron chi connectivity index (χ2n) is 5.80. The Labute approximate surface area is 129 Å². The van der Waals surface area contributed by atoms with Crippen molar-refractivity contribution in [3.8, 4) is 0 Å². The fraction of sp³-hybridized carbons (Fsp3) is 0.412. The number of anilines is 1. The summed E-state index contributed by atoms with van der Waals surface area (Å²) in [6.07, 6.45) is 2.65. The van der Waals surface area contributed by atoms with Gasteiger partial charge in [-0.3, -0.25) is 4.79 Å². The van der Waals surface area contributed by atoms with Crippen LogP contribution in [0.5, 0.6) is 0 Å². The van der Waals surface area contributed by atoms with Crippen LogP contribution < -0.4 is 5.32 Å². The van der Waals surface area contributed by atoms with Gasteiger partial charge in [-0.1, -0.05) is 18.2 Å². The summed E-state index contributed by atoms with van der Waals surface area (Å²) < 4.78 is 0. The molecule has 1 aromatic carbocycles. The molecule has 21 heavy (non-hydrogen) atoms. The van der Waals surface area contributed by atoms with E-state index in [0.717, 1.165) is 41.1 Å². The number of carbonyl (C=O) groups excluding carboxylic acids is 1. The number of fused-ring (bicyclic) bond motifs is 1. The van der Waals surface area contributed by atoms with Crippen molar-refractivity contribution in [1.29, 1.82) is 0 Å². The summed E-state index contributed by atoms with van der Waals surface area (Å²) in [5.41, 5.74) is 4.41. The molecule has 4 heteroatoms. The molecule has 1 aromatic heterocycles. The monoisotopic (exact) mass is 300 g/mol. The lowest BCUT2D eigenvalue weighted by molar-refractivity contribution is -0.120. The Hall–Kier alpha value is -1.68. The highest BCUT2D eigenvalue weighted by Crippen LogP contribution is 2.31. The van der Waals surface area contributed by atoms with E-state index in [4.69, 9.17) is 0 Å². The molecule has 110 valence electrons. The van der Waals surface area contributed by atoms with Crippen LogP contribution in [0.1, 0.15) is 33.1 Å². The van der Waals surface area contributed by atoms with Crippen molar-refractivity contribution < 1.29 is 4.79 Å². The fourth-order valence-electron chi connectivity index (χ4n) is 2.96. The lowest BCUT2D eigenvalue weighted by Crippen LogP contribution is -2.28. The smallest absolute Gasteiger partial charge is 0.227 e. The summed E-state index contributed by atoms with van der Waals surface area (Å²) in [5.74, 6) is 0.209. The van der Waals surface area contributed by atoms with E-state index in [0.29, 0.717) is 0 Å². The predicted molar refractivity (Wildman–Crippen MR) is 86.9 cm³/mol. The third-order valence-corrected chi connectivity index (χ3v) is 5.18. The van der Waals surface area contributed by atoms with Gasteiger partial charge in [0, 0.05) is 16.5 Å². The van der Waals surface area contributed by atoms with Crippen molar-refractivity contribution in [3.63, 3.8) is 0 Å². The molecule has 1 aliphatic carbocycles. The molecule has 0 bridgehead atoms. The quantitative estimate of drug-likeness (QED) is 0.916. The molecule has 1 amide bonds. The van der Waals surface area contributed by atoms with Crippen LogP contribution >= 0.6 is 11.3 Å². The van der Waals surface area contributed by atoms with Crippen molar-refractivity contribution in [3.05, 3.63) is 44.9 Å². The largest absolute Gasteiger partial charge is 0.325 e. The minimum atomic E-state index is 0.0661. The number of aromatic nitrogens is 1. The maximum Gasteiger partial charge on any atom is 0.227 e. The first-order valence-corrected chi connectivity index (χ1v) is 8.18. The molecule has 3 rings (SSSR count). The molecular weight excluding hydrogens is 280 g/mol. The van der Waals surface area contributed by atoms with Gasteiger partial charge in [0.2, 0.25) is 5.91 Å². The van der Waals surface area contributed by atoms with E-state index in [1.165, 1.54) is 10.6 Å². The Morgan fingerprint density at radius 2 is 2.00 bits per heavy atom. The number of rotatable bonds is 2. The number of amides is 1. The molecule has 1 unspecified atom stereocenters. The number of nitrogens with one attached hydrogen (secondary N) is 1. The second-order valence-corrected chi connectivity index (χ2v) is 7.09. The first-order valence-electron chi connectivity index (χ1n) is 7.37. The highest BCUT2D eigenvalue weighted by atomic mass is 32.1. The van der Waals surface area contributed by atoms with Crippen molar-refractivity contribution in [2.45, 2.75) is 40.0 Å². The number of nitrogens with zero attached hydrogens (tertiary/aromatic N) is 1. The molecular formula is C17H20N2OS. The van der Waals surface area contributed by atoms with Crippen molar-refractivity contribution in [1.82, 2.24) is 4.98 Å². The van der Waals surface area contributed by atoms with Gasteiger partial charge in [0.05, 0.1) is 10.7 Å². The van der Waals surface area contributed by atoms with Gasteiger partial charge in [0.1, 0.15) is 0 Å². The van der Waals surface area contributed by atoms with E-state index in [9.17, 15) is 4.79 Å². The highest BCUT2D eigenvalue weighted by Gasteiger charge is 2.27. The molecule has 2 aromatic rings. The number of carbonyl (C=O) groups is 1. The predicted octanol–water partition coefficient (Wildman–Crippen LogP) is 3.81. The van der Waals surface area contributed by atoms with Crippen LogP contribution in [0, 0.1) is 26.7 Å². The zero-order valence-electron chi connectivity index (χ0n) is 12.7. The van der Waals surface area contributed by atoms with Crippen LogP contribution in [0.15, 0.2) is 18.2 Å². The summed E-state index contributed by atoms with van der Waals surface area (Å²) in [4.78, 5) is 18.4. The normalized spacial score (nSPS) is 17.4. The zero-order chi connectivity index (χ0) is 15.0. The maximum absolute atomic E-state index is 12.6. The Morgan fingerprint density at radius 3 is 2.71 bits per heavy atom. The first kappa shape index (κ1) is 14.3. The Bertz CT molecular complexity index is 670. The number of hydrogen-bond acceptors (Lipinski definition) is 3. The van der Waals surface area contributed by atoms with E-state index < -0.39 is 0 Å². The molecule has 0 saturated heterocycles. The van der Waals surface area contributed by atoms with Gasteiger partial charge < -0.3 is 5.32 Å². The topological polar surface area (TPSA) is 42.0 Å². The standard InChI is InChI=1S/C17H20N2OS/c1-10-5-4-6-11(2)16(10)19-17(20)13-7-8-14-15(9-13)21-12(3)18-14/h4-6,13H,7-9H2,1-3H3,(H,19,20). The average molecular weight is 300 g/mol. The Kier molecular flexibility index (Phi) is 3.81. The lowest BCUT2D eigenvalue weighted by atomic mass is 9.90. The molecule has 1 aliphatic rings. The van der Waals surface area contributed by atoms with Gasteiger partial charge in [-0.25, -0.2) is 4.98 Å². The van der Waals surface area contributed by atoms with Crippen LogP contribution in [-0.2, 0) is 17.6 Å². The number of thiazole rings is 1. The van der Waals surface area contributed by atoms with Crippen LogP contribution in [0.4, 0.5) is 5.69 Å². The number of hydrogen-bond donors (Lipinski definition) is 1. The third-order valence-electron chi connectivity index (χ3n) is 4.15. The van der Waals surface area contributed by atoms with Gasteiger partial charge in [0.25, 0.3) is 0 Å².